The molecule has 20 heavy (non-hydrogen) atoms. The minimum Gasteiger partial charge on any atom is -0.438 e. The highest BCUT2D eigenvalue weighted by Gasteiger charge is 2.12. The summed E-state index contributed by atoms with van der Waals surface area (Å²) in [6.45, 7) is 1.96. The van der Waals surface area contributed by atoms with E-state index in [0.29, 0.717) is 11.6 Å². The van der Waals surface area contributed by atoms with Crippen LogP contribution >= 0.6 is 22.9 Å². The quantitative estimate of drug-likeness (QED) is 0.745. The summed E-state index contributed by atoms with van der Waals surface area (Å²) in [5.74, 6) is 1.04. The minimum absolute atomic E-state index is 0.0330. The molecule has 0 atom stereocenters. The van der Waals surface area contributed by atoms with Gasteiger partial charge in [0.2, 0.25) is 11.2 Å². The third kappa shape index (κ3) is 2.60. The number of aromatic nitrogens is 2. The lowest BCUT2D eigenvalue weighted by Crippen LogP contribution is -1.92. The van der Waals surface area contributed by atoms with Gasteiger partial charge in [-0.3, -0.25) is 0 Å². The standard InChI is InChI=1S/C14H11ClN2O2S/c1-8-5-11-12(16-14(15)17-13(11)20-8)19-10-4-2-3-9(6-10)7-18/h2-6,18H,7H2,1H3. The maximum atomic E-state index is 9.15. The SMILES string of the molecule is Cc1cc2c(Oc3cccc(CO)c3)nc(Cl)nc2s1. The summed E-state index contributed by atoms with van der Waals surface area (Å²) in [5, 5.41) is 10.1. The zero-order chi connectivity index (χ0) is 14.1. The van der Waals surface area contributed by atoms with Crippen molar-refractivity contribution in [2.75, 3.05) is 0 Å². The second kappa shape index (κ2) is 5.36. The number of aliphatic hydroxyl groups is 1. The van der Waals surface area contributed by atoms with E-state index in [-0.39, 0.29) is 11.9 Å². The van der Waals surface area contributed by atoms with E-state index in [1.807, 2.05) is 25.1 Å². The molecule has 102 valence electrons. The molecular formula is C14H11ClN2O2S. The number of rotatable bonds is 3. The number of aryl methyl sites for hydroxylation is 1. The van der Waals surface area contributed by atoms with Crippen LogP contribution in [0.15, 0.2) is 30.3 Å². The first-order valence-electron chi connectivity index (χ1n) is 5.97. The van der Waals surface area contributed by atoms with Crippen LogP contribution in [0.4, 0.5) is 0 Å². The summed E-state index contributed by atoms with van der Waals surface area (Å²) in [4.78, 5) is 10.2. The van der Waals surface area contributed by atoms with Gasteiger partial charge in [0.1, 0.15) is 10.6 Å². The number of fused-ring (bicyclic) bond motifs is 1. The van der Waals surface area contributed by atoms with Crippen LogP contribution in [0.25, 0.3) is 10.2 Å². The number of aliphatic hydroxyl groups excluding tert-OH is 1. The Morgan fingerprint density at radius 3 is 2.95 bits per heavy atom. The number of hydrogen-bond acceptors (Lipinski definition) is 5. The molecule has 4 nitrogen and oxygen atoms in total. The van der Waals surface area contributed by atoms with Crippen LogP contribution in [0, 0.1) is 6.92 Å². The monoisotopic (exact) mass is 306 g/mol. The van der Waals surface area contributed by atoms with Crippen LogP contribution in [-0.2, 0) is 6.61 Å². The zero-order valence-electron chi connectivity index (χ0n) is 10.6. The normalized spacial score (nSPS) is 10.9. The van der Waals surface area contributed by atoms with E-state index >= 15 is 0 Å². The van der Waals surface area contributed by atoms with E-state index in [2.05, 4.69) is 9.97 Å². The van der Waals surface area contributed by atoms with Crippen molar-refractivity contribution in [3.8, 4) is 11.6 Å². The van der Waals surface area contributed by atoms with Gasteiger partial charge in [0.05, 0.1) is 12.0 Å². The molecule has 0 fully saturated rings. The van der Waals surface area contributed by atoms with E-state index < -0.39 is 0 Å². The number of nitrogens with zero attached hydrogens (tertiary/aromatic N) is 2. The molecule has 6 heteroatoms. The zero-order valence-corrected chi connectivity index (χ0v) is 12.2. The molecule has 0 aliphatic heterocycles. The lowest BCUT2D eigenvalue weighted by molar-refractivity contribution is 0.281. The molecule has 3 rings (SSSR count). The molecule has 0 bridgehead atoms. The Morgan fingerprint density at radius 2 is 2.15 bits per heavy atom. The number of benzene rings is 1. The number of halogens is 1. The Hall–Kier alpha value is -1.69. The Bertz CT molecular complexity index is 773. The summed E-state index contributed by atoms with van der Waals surface area (Å²) >= 11 is 7.47. The molecule has 2 aromatic heterocycles. The van der Waals surface area contributed by atoms with E-state index in [1.165, 1.54) is 0 Å². The van der Waals surface area contributed by atoms with Crippen molar-refractivity contribution in [2.24, 2.45) is 0 Å². The average Bonchev–Trinajstić information content (AvgIpc) is 2.79. The van der Waals surface area contributed by atoms with Gasteiger partial charge < -0.3 is 9.84 Å². The van der Waals surface area contributed by atoms with Gasteiger partial charge in [-0.1, -0.05) is 12.1 Å². The average molecular weight is 307 g/mol. The Morgan fingerprint density at radius 1 is 1.30 bits per heavy atom. The van der Waals surface area contributed by atoms with Crippen LogP contribution in [-0.4, -0.2) is 15.1 Å². The summed E-state index contributed by atoms with van der Waals surface area (Å²) in [6, 6.07) is 9.19. The molecule has 0 spiro atoms. The van der Waals surface area contributed by atoms with Gasteiger partial charge in [-0.15, -0.1) is 11.3 Å². The van der Waals surface area contributed by atoms with Crippen LogP contribution < -0.4 is 4.74 Å². The Balaban J connectivity index is 2.05. The number of hydrogen-bond donors (Lipinski definition) is 1. The van der Waals surface area contributed by atoms with Crippen LogP contribution in [0.5, 0.6) is 11.6 Å². The minimum atomic E-state index is -0.0330. The van der Waals surface area contributed by atoms with E-state index in [0.717, 1.165) is 20.7 Å². The summed E-state index contributed by atoms with van der Waals surface area (Å²) in [7, 11) is 0. The maximum Gasteiger partial charge on any atom is 0.232 e. The fourth-order valence-electron chi connectivity index (χ4n) is 1.89. The number of thiophene rings is 1. The first-order valence-corrected chi connectivity index (χ1v) is 7.16. The fraction of sp³-hybridized carbons (Fsp3) is 0.143. The van der Waals surface area contributed by atoms with Gasteiger partial charge in [-0.25, -0.2) is 4.98 Å². The first kappa shape index (κ1) is 13.3. The third-order valence-electron chi connectivity index (χ3n) is 2.75. The van der Waals surface area contributed by atoms with Crippen molar-refractivity contribution in [3.63, 3.8) is 0 Å². The molecule has 0 radical (unpaired) electrons. The highest BCUT2D eigenvalue weighted by atomic mass is 35.5. The van der Waals surface area contributed by atoms with Gasteiger partial charge in [0.25, 0.3) is 0 Å². The second-order valence-corrected chi connectivity index (χ2v) is 5.85. The van der Waals surface area contributed by atoms with E-state index in [4.69, 9.17) is 21.4 Å². The smallest absolute Gasteiger partial charge is 0.232 e. The van der Waals surface area contributed by atoms with Crippen molar-refractivity contribution >= 4 is 33.2 Å². The summed E-state index contributed by atoms with van der Waals surface area (Å²) in [6.07, 6.45) is 0. The number of ether oxygens (including phenoxy) is 1. The summed E-state index contributed by atoms with van der Waals surface area (Å²) < 4.78 is 5.79. The summed E-state index contributed by atoms with van der Waals surface area (Å²) in [5.41, 5.74) is 0.778. The van der Waals surface area contributed by atoms with Gasteiger partial charge in [0, 0.05) is 4.88 Å². The largest absolute Gasteiger partial charge is 0.438 e. The first-order chi connectivity index (χ1) is 9.65. The molecular weight excluding hydrogens is 296 g/mol. The van der Waals surface area contributed by atoms with Crippen LogP contribution in [0.2, 0.25) is 5.28 Å². The molecule has 3 aromatic rings. The van der Waals surface area contributed by atoms with Crippen molar-refractivity contribution in [1.82, 2.24) is 9.97 Å². The maximum absolute atomic E-state index is 9.15. The van der Waals surface area contributed by atoms with Crippen molar-refractivity contribution in [1.29, 1.82) is 0 Å². The highest BCUT2D eigenvalue weighted by molar-refractivity contribution is 7.18. The lowest BCUT2D eigenvalue weighted by atomic mass is 10.2. The Kier molecular flexibility index (Phi) is 3.56. The van der Waals surface area contributed by atoms with Crippen molar-refractivity contribution in [2.45, 2.75) is 13.5 Å². The fourth-order valence-corrected chi connectivity index (χ4v) is 2.97. The molecule has 0 aliphatic carbocycles. The van der Waals surface area contributed by atoms with E-state index in [1.54, 1.807) is 23.5 Å². The Labute approximate surface area is 124 Å². The third-order valence-corrected chi connectivity index (χ3v) is 3.86. The molecule has 0 aliphatic rings. The van der Waals surface area contributed by atoms with Gasteiger partial charge in [-0.05, 0) is 42.3 Å². The molecule has 2 heterocycles. The molecule has 0 amide bonds. The predicted molar refractivity (Wildman–Crippen MR) is 79.6 cm³/mol. The predicted octanol–water partition coefficient (Wildman–Crippen LogP) is 3.94. The molecule has 1 N–H and O–H groups in total. The van der Waals surface area contributed by atoms with E-state index in [9.17, 15) is 0 Å². The molecule has 0 saturated heterocycles. The highest BCUT2D eigenvalue weighted by Crippen LogP contribution is 2.33. The van der Waals surface area contributed by atoms with Gasteiger partial charge >= 0.3 is 0 Å². The van der Waals surface area contributed by atoms with Gasteiger partial charge in [0.15, 0.2) is 0 Å². The molecule has 0 saturated carbocycles. The van der Waals surface area contributed by atoms with Crippen LogP contribution in [0.1, 0.15) is 10.4 Å². The van der Waals surface area contributed by atoms with Crippen LogP contribution in [0.3, 0.4) is 0 Å². The topological polar surface area (TPSA) is 55.2 Å². The molecule has 0 unspecified atom stereocenters. The second-order valence-electron chi connectivity index (χ2n) is 4.28. The van der Waals surface area contributed by atoms with Crippen molar-refractivity contribution in [3.05, 3.63) is 46.1 Å². The lowest BCUT2D eigenvalue weighted by Gasteiger charge is -2.07. The van der Waals surface area contributed by atoms with Crippen molar-refractivity contribution < 1.29 is 9.84 Å². The van der Waals surface area contributed by atoms with Gasteiger partial charge in [-0.2, -0.15) is 4.98 Å². The molecule has 1 aromatic carbocycles.